The van der Waals surface area contributed by atoms with Crippen LogP contribution < -0.4 is 16.4 Å². The van der Waals surface area contributed by atoms with Crippen LogP contribution in [0.4, 0.5) is 11.6 Å². The Morgan fingerprint density at radius 2 is 1.69 bits per heavy atom. The molecule has 0 atom stereocenters. The number of nitrogens with two attached hydrogens (primary N) is 1. The van der Waals surface area contributed by atoms with Gasteiger partial charge in [-0.1, -0.05) is 0 Å². The number of rotatable bonds is 4. The first-order chi connectivity index (χ1) is 15.2. The first-order valence-corrected chi connectivity index (χ1v) is 10.8. The molecule has 2 aromatic rings. The lowest BCUT2D eigenvalue weighted by atomic mass is 9.96. The van der Waals surface area contributed by atoms with Crippen molar-refractivity contribution in [1.29, 1.82) is 0 Å². The lowest BCUT2D eigenvalue weighted by Crippen LogP contribution is -2.45. The van der Waals surface area contributed by atoms with Gasteiger partial charge in [0.05, 0.1) is 0 Å². The summed E-state index contributed by atoms with van der Waals surface area (Å²) in [4.78, 5) is 38.4. The summed E-state index contributed by atoms with van der Waals surface area (Å²) in [6, 6.07) is 8.90. The average molecular weight is 454 g/mol. The highest BCUT2D eigenvalue weighted by Gasteiger charge is 2.25. The van der Waals surface area contributed by atoms with Gasteiger partial charge in [0, 0.05) is 41.6 Å². The molecular formula is C22H27N7O2S. The third-order valence-corrected chi connectivity index (χ3v) is 5.35. The molecule has 168 valence electrons. The van der Waals surface area contributed by atoms with Gasteiger partial charge in [0.2, 0.25) is 22.9 Å². The molecule has 0 bridgehead atoms. The van der Waals surface area contributed by atoms with Crippen LogP contribution >= 0.6 is 12.2 Å². The number of piperidine rings is 1. The minimum atomic E-state index is -0.278. The molecule has 0 spiro atoms. The van der Waals surface area contributed by atoms with Crippen LogP contribution in [0.2, 0.25) is 0 Å². The molecule has 10 heteroatoms. The molecule has 0 aliphatic carbocycles. The molecule has 0 saturated carbocycles. The number of aryl methyl sites for hydroxylation is 2. The minimum Gasteiger partial charge on any atom is -0.369 e. The van der Waals surface area contributed by atoms with Crippen LogP contribution in [0.25, 0.3) is 0 Å². The molecule has 1 aromatic heterocycles. The van der Waals surface area contributed by atoms with Crippen LogP contribution in [0.1, 0.15) is 41.5 Å². The Bertz CT molecular complexity index is 1020. The summed E-state index contributed by atoms with van der Waals surface area (Å²) in [6.07, 6.45) is 1.27. The summed E-state index contributed by atoms with van der Waals surface area (Å²) in [5.41, 5.74) is 8.47. The predicted octanol–water partition coefficient (Wildman–Crippen LogP) is 2.66. The zero-order valence-electron chi connectivity index (χ0n) is 18.4. The number of benzene rings is 1. The number of aromatic nitrogens is 2. The molecule has 1 aliphatic heterocycles. The van der Waals surface area contributed by atoms with E-state index in [4.69, 9.17) is 18.0 Å². The van der Waals surface area contributed by atoms with Gasteiger partial charge in [0.15, 0.2) is 5.78 Å². The molecular weight excluding hydrogens is 426 g/mol. The van der Waals surface area contributed by atoms with Crippen molar-refractivity contribution in [3.05, 3.63) is 47.3 Å². The molecule has 1 fully saturated rings. The number of carbonyl (C=O) groups excluding carboxylic acids is 2. The van der Waals surface area contributed by atoms with Gasteiger partial charge in [0.25, 0.3) is 0 Å². The Morgan fingerprint density at radius 1 is 1.09 bits per heavy atom. The second-order valence-corrected chi connectivity index (χ2v) is 8.15. The van der Waals surface area contributed by atoms with Crippen LogP contribution in [0.15, 0.2) is 35.3 Å². The van der Waals surface area contributed by atoms with Crippen molar-refractivity contribution < 1.29 is 9.59 Å². The van der Waals surface area contributed by atoms with Crippen LogP contribution in [0.5, 0.6) is 0 Å². The maximum Gasteiger partial charge on any atom is 0.229 e. The Morgan fingerprint density at radius 3 is 2.22 bits per heavy atom. The Labute approximate surface area is 192 Å². The average Bonchev–Trinajstić information content (AvgIpc) is 2.73. The van der Waals surface area contributed by atoms with Crippen molar-refractivity contribution in [2.24, 2.45) is 16.6 Å². The molecule has 2 heterocycles. The smallest absolute Gasteiger partial charge is 0.229 e. The third-order valence-electron chi connectivity index (χ3n) is 5.15. The van der Waals surface area contributed by atoms with E-state index in [9.17, 15) is 9.59 Å². The number of anilines is 2. The SMILES string of the molecule is CC(=O)c1ccc(NC(=S)/N=C(/Nc2nc(C)cc(C)n2)N2CCC(C(N)=O)CC2)cc1. The Hall–Kier alpha value is -3.40. The molecule has 1 saturated heterocycles. The molecule has 1 aromatic carbocycles. The summed E-state index contributed by atoms with van der Waals surface area (Å²) in [6.45, 7) is 6.50. The van der Waals surface area contributed by atoms with Gasteiger partial charge in [-0.3, -0.25) is 14.9 Å². The van der Waals surface area contributed by atoms with Crippen LogP contribution in [0.3, 0.4) is 0 Å². The van der Waals surface area contributed by atoms with Gasteiger partial charge in [-0.25, -0.2) is 9.97 Å². The van der Waals surface area contributed by atoms with Crippen molar-refractivity contribution in [2.75, 3.05) is 23.7 Å². The van der Waals surface area contributed by atoms with Gasteiger partial charge in [0.1, 0.15) is 0 Å². The van der Waals surface area contributed by atoms with E-state index in [2.05, 4.69) is 25.6 Å². The summed E-state index contributed by atoms with van der Waals surface area (Å²) in [7, 11) is 0. The van der Waals surface area contributed by atoms with Crippen LogP contribution in [-0.2, 0) is 4.79 Å². The first-order valence-electron chi connectivity index (χ1n) is 10.4. The molecule has 32 heavy (non-hydrogen) atoms. The van der Waals surface area contributed by atoms with Crippen molar-refractivity contribution in [3.8, 4) is 0 Å². The second-order valence-electron chi connectivity index (χ2n) is 7.76. The number of likely N-dealkylation sites (tertiary alicyclic amines) is 1. The number of aliphatic imine (C=N–C) groups is 1. The quantitative estimate of drug-likeness (QED) is 0.279. The normalized spacial score (nSPS) is 14.7. The monoisotopic (exact) mass is 453 g/mol. The number of Topliss-reactive ketones (excluding diaryl/α,β-unsaturated/α-hetero) is 1. The summed E-state index contributed by atoms with van der Waals surface area (Å²) < 4.78 is 0. The van der Waals surface area contributed by atoms with Crippen molar-refractivity contribution in [2.45, 2.75) is 33.6 Å². The molecule has 3 rings (SSSR count). The van der Waals surface area contributed by atoms with Gasteiger partial charge in [-0.15, -0.1) is 0 Å². The Kier molecular flexibility index (Phi) is 7.47. The van der Waals surface area contributed by atoms with Gasteiger partial charge in [-0.05, 0) is 76.2 Å². The highest BCUT2D eigenvalue weighted by Crippen LogP contribution is 2.18. The number of primary amides is 1. The van der Waals surface area contributed by atoms with Crippen LogP contribution in [0, 0.1) is 19.8 Å². The lowest BCUT2D eigenvalue weighted by molar-refractivity contribution is -0.122. The standard InChI is InChI=1S/C22H27N7O2S/c1-13-12-14(2)25-20(24-13)27-21(29-10-8-17(9-11-29)19(23)31)28-22(32)26-18-6-4-16(5-7-18)15(3)30/h4-7,12,17H,8-11H2,1-3H3,(H2,23,31)(H2,24,25,26,27,28,32). The van der Waals surface area contributed by atoms with E-state index in [1.807, 2.05) is 24.8 Å². The zero-order chi connectivity index (χ0) is 23.3. The topological polar surface area (TPSA) is 126 Å². The van der Waals surface area contributed by atoms with E-state index in [1.54, 1.807) is 24.3 Å². The number of carbonyl (C=O) groups is 2. The second kappa shape index (κ2) is 10.3. The molecule has 1 amide bonds. The van der Waals surface area contributed by atoms with E-state index >= 15 is 0 Å². The fourth-order valence-corrected chi connectivity index (χ4v) is 3.68. The number of guanidine groups is 1. The predicted molar refractivity (Wildman–Crippen MR) is 129 cm³/mol. The number of hydrogen-bond donors (Lipinski definition) is 3. The molecule has 4 N–H and O–H groups in total. The fourth-order valence-electron chi connectivity index (χ4n) is 3.47. The van der Waals surface area contributed by atoms with Gasteiger partial charge in [-0.2, -0.15) is 4.99 Å². The third kappa shape index (κ3) is 6.30. The molecule has 0 unspecified atom stereocenters. The number of nitrogens with one attached hydrogen (secondary N) is 2. The largest absolute Gasteiger partial charge is 0.369 e. The van der Waals surface area contributed by atoms with Crippen molar-refractivity contribution in [1.82, 2.24) is 14.9 Å². The van der Waals surface area contributed by atoms with Gasteiger partial charge >= 0.3 is 0 Å². The molecule has 9 nitrogen and oxygen atoms in total. The maximum absolute atomic E-state index is 11.5. The summed E-state index contributed by atoms with van der Waals surface area (Å²) in [5.74, 6) is 0.494. The molecule has 0 radical (unpaired) electrons. The number of nitrogens with zero attached hydrogens (tertiary/aromatic N) is 4. The zero-order valence-corrected chi connectivity index (χ0v) is 19.2. The van der Waals surface area contributed by atoms with Gasteiger partial charge < -0.3 is 16.0 Å². The van der Waals surface area contributed by atoms with E-state index in [0.29, 0.717) is 43.4 Å². The van der Waals surface area contributed by atoms with E-state index < -0.39 is 0 Å². The highest BCUT2D eigenvalue weighted by molar-refractivity contribution is 7.80. The lowest BCUT2D eigenvalue weighted by Gasteiger charge is -2.32. The number of hydrogen-bond acceptors (Lipinski definition) is 5. The maximum atomic E-state index is 11.5. The summed E-state index contributed by atoms with van der Waals surface area (Å²) in [5, 5.41) is 6.49. The highest BCUT2D eigenvalue weighted by atomic mass is 32.1. The van der Waals surface area contributed by atoms with E-state index in [-0.39, 0.29) is 22.7 Å². The first kappa shape index (κ1) is 23.3. The van der Waals surface area contributed by atoms with Crippen molar-refractivity contribution in [3.63, 3.8) is 0 Å². The summed E-state index contributed by atoms with van der Waals surface area (Å²) >= 11 is 5.45. The van der Waals surface area contributed by atoms with Crippen LogP contribution in [-0.4, -0.2) is 50.7 Å². The Balaban J connectivity index is 1.80. The number of ketones is 1. The molecule has 1 aliphatic rings. The van der Waals surface area contributed by atoms with E-state index in [1.165, 1.54) is 6.92 Å². The fraction of sp³-hybridized carbons (Fsp3) is 0.364. The van der Waals surface area contributed by atoms with Crippen molar-refractivity contribution >= 4 is 46.6 Å². The number of amides is 1. The number of thiocarbonyl (C=S) groups is 1. The minimum absolute atomic E-state index is 0.00329. The van der Waals surface area contributed by atoms with E-state index in [0.717, 1.165) is 17.1 Å².